The van der Waals surface area contributed by atoms with E-state index in [1.54, 1.807) is 0 Å². The Morgan fingerprint density at radius 2 is 2.29 bits per heavy atom. The van der Waals surface area contributed by atoms with E-state index in [2.05, 4.69) is 38.1 Å². The largest absolute Gasteiger partial charge is 0.378 e. The van der Waals surface area contributed by atoms with Gasteiger partial charge in [0, 0.05) is 12.0 Å². The Morgan fingerprint density at radius 1 is 1.47 bits per heavy atom. The Labute approximate surface area is 104 Å². The summed E-state index contributed by atoms with van der Waals surface area (Å²) < 4.78 is 5.61. The molecule has 2 heteroatoms. The third-order valence-electron chi connectivity index (χ3n) is 3.61. The molecule has 1 aromatic rings. The first-order chi connectivity index (χ1) is 8.20. The van der Waals surface area contributed by atoms with Crippen molar-refractivity contribution >= 4 is 0 Å². The van der Waals surface area contributed by atoms with Crippen molar-refractivity contribution in [2.45, 2.75) is 45.3 Å². The number of ether oxygens (including phenoxy) is 1. The topological polar surface area (TPSA) is 35.2 Å². The molecule has 0 amide bonds. The van der Waals surface area contributed by atoms with Gasteiger partial charge in [0.25, 0.3) is 0 Å². The zero-order valence-corrected chi connectivity index (χ0v) is 10.9. The second-order valence-electron chi connectivity index (χ2n) is 5.16. The number of hydrogen-bond acceptors (Lipinski definition) is 2. The lowest BCUT2D eigenvalue weighted by Gasteiger charge is -2.18. The molecule has 17 heavy (non-hydrogen) atoms. The molecule has 3 unspecified atom stereocenters. The van der Waals surface area contributed by atoms with Crippen molar-refractivity contribution in [2.24, 2.45) is 11.7 Å². The fourth-order valence-electron chi connectivity index (χ4n) is 2.62. The minimum atomic E-state index is 0.122. The summed E-state index contributed by atoms with van der Waals surface area (Å²) in [6, 6.07) is 8.84. The highest BCUT2D eigenvalue weighted by Crippen LogP contribution is 2.30. The maximum Gasteiger partial charge on any atom is 0.0551 e. The summed E-state index contributed by atoms with van der Waals surface area (Å²) in [5, 5.41) is 0. The lowest BCUT2D eigenvalue weighted by Crippen LogP contribution is -2.21. The van der Waals surface area contributed by atoms with Crippen molar-refractivity contribution < 1.29 is 4.74 Å². The van der Waals surface area contributed by atoms with Gasteiger partial charge in [-0.05, 0) is 30.9 Å². The molecule has 1 heterocycles. The van der Waals surface area contributed by atoms with Gasteiger partial charge < -0.3 is 10.5 Å². The van der Waals surface area contributed by atoms with E-state index in [0.29, 0.717) is 12.0 Å². The molecular formula is C15H23NO. The van der Waals surface area contributed by atoms with Crippen LogP contribution in [0.25, 0.3) is 0 Å². The summed E-state index contributed by atoms with van der Waals surface area (Å²) in [4.78, 5) is 0. The second-order valence-corrected chi connectivity index (χ2v) is 5.16. The molecule has 0 spiro atoms. The maximum atomic E-state index is 6.35. The molecule has 0 radical (unpaired) electrons. The molecule has 2 nitrogen and oxygen atoms in total. The molecule has 3 atom stereocenters. The highest BCUT2D eigenvalue weighted by atomic mass is 16.5. The van der Waals surface area contributed by atoms with Crippen LogP contribution >= 0.6 is 0 Å². The number of aryl methyl sites for hydroxylation is 1. The van der Waals surface area contributed by atoms with E-state index >= 15 is 0 Å². The Kier molecular flexibility index (Phi) is 4.19. The van der Waals surface area contributed by atoms with Crippen molar-refractivity contribution in [3.63, 3.8) is 0 Å². The summed E-state index contributed by atoms with van der Waals surface area (Å²) in [5.41, 5.74) is 9.01. The second kappa shape index (κ2) is 5.65. The van der Waals surface area contributed by atoms with Crippen LogP contribution in [0.2, 0.25) is 0 Å². The quantitative estimate of drug-likeness (QED) is 0.867. The monoisotopic (exact) mass is 233 g/mol. The Hall–Kier alpha value is -0.860. The molecule has 0 aromatic heterocycles. The van der Waals surface area contributed by atoms with E-state index in [9.17, 15) is 0 Å². The molecule has 2 rings (SSSR count). The number of nitrogens with two attached hydrogens (primary N) is 1. The Morgan fingerprint density at radius 3 is 2.94 bits per heavy atom. The molecule has 0 aliphatic carbocycles. The number of hydrogen-bond donors (Lipinski definition) is 1. The average molecular weight is 233 g/mol. The molecular weight excluding hydrogens is 210 g/mol. The molecule has 1 aliphatic rings. The lowest BCUT2D eigenvalue weighted by atomic mass is 9.90. The van der Waals surface area contributed by atoms with Crippen molar-refractivity contribution in [3.8, 4) is 0 Å². The van der Waals surface area contributed by atoms with Gasteiger partial charge in [0.05, 0.1) is 12.7 Å². The molecule has 1 fully saturated rings. The van der Waals surface area contributed by atoms with Crippen LogP contribution in [0.1, 0.15) is 43.9 Å². The number of rotatable bonds is 4. The van der Waals surface area contributed by atoms with Gasteiger partial charge in [0.15, 0.2) is 0 Å². The van der Waals surface area contributed by atoms with E-state index in [0.717, 1.165) is 19.4 Å². The highest BCUT2D eigenvalue weighted by Gasteiger charge is 2.28. The van der Waals surface area contributed by atoms with Crippen LogP contribution < -0.4 is 5.73 Å². The first-order valence-electron chi connectivity index (χ1n) is 6.66. The van der Waals surface area contributed by atoms with Gasteiger partial charge in [-0.3, -0.25) is 0 Å². The summed E-state index contributed by atoms with van der Waals surface area (Å²) >= 11 is 0. The molecule has 1 saturated heterocycles. The first kappa shape index (κ1) is 12.6. The maximum absolute atomic E-state index is 6.35. The van der Waals surface area contributed by atoms with Crippen LogP contribution in [0.5, 0.6) is 0 Å². The van der Waals surface area contributed by atoms with E-state index < -0.39 is 0 Å². The first-order valence-corrected chi connectivity index (χ1v) is 6.66. The van der Waals surface area contributed by atoms with Crippen LogP contribution in [-0.4, -0.2) is 12.7 Å². The van der Waals surface area contributed by atoms with Crippen LogP contribution in [-0.2, 0) is 11.2 Å². The minimum Gasteiger partial charge on any atom is -0.378 e. The molecule has 0 bridgehead atoms. The SMILES string of the molecule is CCCc1cccc(C(N)C2COC(C)C2)c1. The lowest BCUT2D eigenvalue weighted by molar-refractivity contribution is 0.118. The van der Waals surface area contributed by atoms with E-state index in [4.69, 9.17) is 10.5 Å². The number of benzene rings is 1. The predicted molar refractivity (Wildman–Crippen MR) is 70.9 cm³/mol. The van der Waals surface area contributed by atoms with E-state index in [1.165, 1.54) is 17.5 Å². The highest BCUT2D eigenvalue weighted by molar-refractivity contribution is 5.26. The van der Waals surface area contributed by atoms with Crippen LogP contribution in [0.3, 0.4) is 0 Å². The van der Waals surface area contributed by atoms with Gasteiger partial charge in [-0.2, -0.15) is 0 Å². The normalized spacial score (nSPS) is 26.1. The van der Waals surface area contributed by atoms with Crippen molar-refractivity contribution in [3.05, 3.63) is 35.4 Å². The fourth-order valence-corrected chi connectivity index (χ4v) is 2.62. The van der Waals surface area contributed by atoms with Gasteiger partial charge >= 0.3 is 0 Å². The average Bonchev–Trinajstić information content (AvgIpc) is 2.76. The third-order valence-corrected chi connectivity index (χ3v) is 3.61. The smallest absolute Gasteiger partial charge is 0.0551 e. The van der Waals surface area contributed by atoms with Crippen molar-refractivity contribution in [2.75, 3.05) is 6.61 Å². The molecule has 1 aromatic carbocycles. The Balaban J connectivity index is 2.07. The zero-order chi connectivity index (χ0) is 12.3. The van der Waals surface area contributed by atoms with Gasteiger partial charge in [0.1, 0.15) is 0 Å². The van der Waals surface area contributed by atoms with Gasteiger partial charge in [-0.1, -0.05) is 37.6 Å². The summed E-state index contributed by atoms with van der Waals surface area (Å²) in [7, 11) is 0. The Bertz CT molecular complexity index is 364. The molecule has 1 aliphatic heterocycles. The predicted octanol–water partition coefficient (Wildman–Crippen LogP) is 3.06. The fraction of sp³-hybridized carbons (Fsp3) is 0.600. The van der Waals surface area contributed by atoms with Crippen LogP contribution in [0.15, 0.2) is 24.3 Å². The minimum absolute atomic E-state index is 0.122. The van der Waals surface area contributed by atoms with Gasteiger partial charge in [0.2, 0.25) is 0 Å². The standard InChI is InChI=1S/C15H23NO/c1-3-5-12-6-4-7-13(9-12)15(16)14-8-11(2)17-10-14/h4,6-7,9,11,14-15H,3,5,8,10,16H2,1-2H3. The summed E-state index contributed by atoms with van der Waals surface area (Å²) in [6.07, 6.45) is 3.77. The zero-order valence-electron chi connectivity index (χ0n) is 10.9. The van der Waals surface area contributed by atoms with Crippen LogP contribution in [0.4, 0.5) is 0 Å². The van der Waals surface area contributed by atoms with E-state index in [1.807, 2.05) is 0 Å². The molecule has 0 saturated carbocycles. The third kappa shape index (κ3) is 3.08. The van der Waals surface area contributed by atoms with E-state index in [-0.39, 0.29) is 6.04 Å². The molecule has 2 N–H and O–H groups in total. The summed E-state index contributed by atoms with van der Waals surface area (Å²) in [6.45, 7) is 5.14. The van der Waals surface area contributed by atoms with Gasteiger partial charge in [-0.15, -0.1) is 0 Å². The molecule has 94 valence electrons. The summed E-state index contributed by atoms with van der Waals surface area (Å²) in [5.74, 6) is 0.474. The van der Waals surface area contributed by atoms with Crippen molar-refractivity contribution in [1.29, 1.82) is 0 Å². The van der Waals surface area contributed by atoms with Crippen molar-refractivity contribution in [1.82, 2.24) is 0 Å². The van der Waals surface area contributed by atoms with Crippen LogP contribution in [0, 0.1) is 5.92 Å². The van der Waals surface area contributed by atoms with Gasteiger partial charge in [-0.25, -0.2) is 0 Å².